The van der Waals surface area contributed by atoms with E-state index in [1.165, 1.54) is 17.8 Å². The summed E-state index contributed by atoms with van der Waals surface area (Å²) in [5.74, 6) is 1.30. The van der Waals surface area contributed by atoms with Crippen molar-refractivity contribution < 1.29 is 13.9 Å². The number of fused-ring (bicyclic) bond motifs is 1. The van der Waals surface area contributed by atoms with Gasteiger partial charge in [0.1, 0.15) is 5.58 Å². The smallest absolute Gasteiger partial charge is 0.345 e. The normalized spacial score (nSPS) is 15.2. The van der Waals surface area contributed by atoms with Gasteiger partial charge in [0.05, 0.1) is 31.7 Å². The number of nitrogens with zero attached hydrogens (tertiary/aromatic N) is 3. The van der Waals surface area contributed by atoms with Gasteiger partial charge in [0, 0.05) is 16.8 Å². The van der Waals surface area contributed by atoms with Crippen molar-refractivity contribution in [2.24, 2.45) is 10.2 Å². The minimum absolute atomic E-state index is 0.269. The Morgan fingerprint density at radius 1 is 1.03 bits per heavy atom. The van der Waals surface area contributed by atoms with Crippen LogP contribution in [0.3, 0.4) is 0 Å². The Balaban J connectivity index is 1.57. The lowest BCUT2D eigenvalue weighted by Gasteiger charge is -2.24. The standard InChI is InChI=1S/C27H27N3O4S/c1-32-24-13-12-18(14-25(24)33-2)16-28-29-27-30(20-9-4-3-5-10-20)22(17-35-27)21-15-19-8-6-7-11-23(19)34-26(21)31/h6-8,11-17,20H,3-5,9-10H2,1-2H3/b28-16+,29-27-. The third-order valence-corrected chi connectivity index (χ3v) is 7.19. The van der Waals surface area contributed by atoms with Crippen LogP contribution in [0.1, 0.15) is 43.7 Å². The molecule has 0 atom stereocenters. The second-order valence-electron chi connectivity index (χ2n) is 8.51. The first kappa shape index (κ1) is 23.1. The summed E-state index contributed by atoms with van der Waals surface area (Å²) in [6.45, 7) is 0. The summed E-state index contributed by atoms with van der Waals surface area (Å²) in [5.41, 5.74) is 2.48. The summed E-state index contributed by atoms with van der Waals surface area (Å²) in [4.78, 5) is 13.7. The highest BCUT2D eigenvalue weighted by molar-refractivity contribution is 7.07. The number of aromatic nitrogens is 1. The molecule has 35 heavy (non-hydrogen) atoms. The number of para-hydroxylation sites is 1. The fraction of sp³-hybridized carbons (Fsp3) is 0.296. The van der Waals surface area contributed by atoms with Gasteiger partial charge in [0.2, 0.25) is 4.80 Å². The van der Waals surface area contributed by atoms with Crippen LogP contribution in [0.15, 0.2) is 73.3 Å². The Bertz CT molecular complexity index is 1490. The maximum Gasteiger partial charge on any atom is 0.345 e. The van der Waals surface area contributed by atoms with Crippen molar-refractivity contribution in [3.8, 4) is 22.8 Å². The molecule has 0 spiro atoms. The van der Waals surface area contributed by atoms with Crippen molar-refractivity contribution in [2.75, 3.05) is 14.2 Å². The van der Waals surface area contributed by atoms with E-state index in [2.05, 4.69) is 14.8 Å². The Hall–Kier alpha value is -3.65. The van der Waals surface area contributed by atoms with Gasteiger partial charge in [0.15, 0.2) is 11.5 Å². The fourth-order valence-electron chi connectivity index (χ4n) is 4.60. The molecule has 0 radical (unpaired) electrons. The number of ether oxygens (including phenoxy) is 2. The van der Waals surface area contributed by atoms with E-state index in [1.807, 2.05) is 53.9 Å². The van der Waals surface area contributed by atoms with Crippen molar-refractivity contribution in [3.63, 3.8) is 0 Å². The average molecular weight is 490 g/mol. The molecule has 4 aromatic rings. The summed E-state index contributed by atoms with van der Waals surface area (Å²) in [6.07, 6.45) is 7.35. The van der Waals surface area contributed by atoms with Gasteiger partial charge < -0.3 is 18.5 Å². The summed E-state index contributed by atoms with van der Waals surface area (Å²) >= 11 is 1.48. The largest absolute Gasteiger partial charge is 0.493 e. The van der Waals surface area contributed by atoms with Crippen molar-refractivity contribution in [3.05, 3.63) is 74.7 Å². The molecule has 0 amide bonds. The van der Waals surface area contributed by atoms with Gasteiger partial charge in [-0.25, -0.2) is 4.79 Å². The summed E-state index contributed by atoms with van der Waals surface area (Å²) < 4.78 is 18.5. The molecular formula is C27H27N3O4S. The number of hydrogen-bond donors (Lipinski definition) is 0. The van der Waals surface area contributed by atoms with Crippen LogP contribution in [0.25, 0.3) is 22.2 Å². The predicted octanol–water partition coefficient (Wildman–Crippen LogP) is 5.78. The van der Waals surface area contributed by atoms with Gasteiger partial charge >= 0.3 is 5.63 Å². The Morgan fingerprint density at radius 3 is 2.63 bits per heavy atom. The highest BCUT2D eigenvalue weighted by Crippen LogP contribution is 2.32. The van der Waals surface area contributed by atoms with Crippen LogP contribution in [0.4, 0.5) is 0 Å². The van der Waals surface area contributed by atoms with E-state index in [1.54, 1.807) is 20.4 Å². The SMILES string of the molecule is COc1ccc(/C=N/N=c2\scc(-c3cc4ccccc4oc3=O)n2C2CCCCC2)cc1OC. The van der Waals surface area contributed by atoms with Gasteiger partial charge in [-0.05, 0) is 48.7 Å². The zero-order valence-electron chi connectivity index (χ0n) is 19.8. The van der Waals surface area contributed by atoms with Crippen LogP contribution < -0.4 is 19.9 Å². The molecule has 1 fully saturated rings. The third kappa shape index (κ3) is 4.79. The van der Waals surface area contributed by atoms with E-state index in [0.717, 1.165) is 47.1 Å². The van der Waals surface area contributed by atoms with Crippen molar-refractivity contribution >= 4 is 28.5 Å². The summed E-state index contributed by atoms with van der Waals surface area (Å²) in [6, 6.07) is 15.4. The van der Waals surface area contributed by atoms with E-state index in [0.29, 0.717) is 22.6 Å². The van der Waals surface area contributed by atoms with Crippen molar-refractivity contribution in [1.29, 1.82) is 0 Å². The Kier molecular flexibility index (Phi) is 6.81. The van der Waals surface area contributed by atoms with Gasteiger partial charge in [-0.1, -0.05) is 37.5 Å². The molecule has 0 aliphatic heterocycles. The second-order valence-corrected chi connectivity index (χ2v) is 9.35. The molecule has 7 nitrogen and oxygen atoms in total. The highest BCUT2D eigenvalue weighted by atomic mass is 32.1. The molecule has 0 unspecified atom stereocenters. The topological polar surface area (TPSA) is 78.3 Å². The number of methoxy groups -OCH3 is 2. The molecule has 5 rings (SSSR count). The average Bonchev–Trinajstić information content (AvgIpc) is 3.32. The van der Waals surface area contributed by atoms with Gasteiger partial charge in [-0.15, -0.1) is 16.4 Å². The molecule has 1 aliphatic carbocycles. The summed E-state index contributed by atoms with van der Waals surface area (Å²) in [5, 5.41) is 11.8. The van der Waals surface area contributed by atoms with Crippen molar-refractivity contribution in [2.45, 2.75) is 38.1 Å². The summed E-state index contributed by atoms with van der Waals surface area (Å²) in [7, 11) is 3.21. The van der Waals surface area contributed by atoms with Crippen LogP contribution in [-0.2, 0) is 0 Å². The predicted molar refractivity (Wildman–Crippen MR) is 139 cm³/mol. The molecule has 2 aromatic carbocycles. The van der Waals surface area contributed by atoms with Crippen LogP contribution >= 0.6 is 11.3 Å². The molecular weight excluding hydrogens is 462 g/mol. The zero-order valence-corrected chi connectivity index (χ0v) is 20.6. The lowest BCUT2D eigenvalue weighted by Crippen LogP contribution is -2.24. The van der Waals surface area contributed by atoms with Gasteiger partial charge in [0.25, 0.3) is 0 Å². The lowest BCUT2D eigenvalue weighted by molar-refractivity contribution is 0.350. The maximum atomic E-state index is 12.9. The molecule has 2 aromatic heterocycles. The third-order valence-electron chi connectivity index (χ3n) is 6.36. The van der Waals surface area contributed by atoms with E-state index in [-0.39, 0.29) is 11.7 Å². The Morgan fingerprint density at radius 2 is 1.83 bits per heavy atom. The first-order chi connectivity index (χ1) is 17.2. The van der Waals surface area contributed by atoms with E-state index in [4.69, 9.17) is 13.9 Å². The second kappa shape index (κ2) is 10.3. The van der Waals surface area contributed by atoms with Crippen LogP contribution in [0.2, 0.25) is 0 Å². The molecule has 1 saturated carbocycles. The minimum atomic E-state index is -0.341. The fourth-order valence-corrected chi connectivity index (χ4v) is 5.51. The molecule has 0 saturated heterocycles. The van der Waals surface area contributed by atoms with E-state index in [9.17, 15) is 4.79 Å². The van der Waals surface area contributed by atoms with Crippen LogP contribution in [-0.4, -0.2) is 25.0 Å². The minimum Gasteiger partial charge on any atom is -0.493 e. The number of benzene rings is 2. The van der Waals surface area contributed by atoms with Gasteiger partial charge in [-0.2, -0.15) is 5.10 Å². The molecule has 2 heterocycles. The number of rotatable bonds is 6. The first-order valence-corrected chi connectivity index (χ1v) is 12.6. The molecule has 0 N–H and O–H groups in total. The molecule has 8 heteroatoms. The number of thiazole rings is 1. The molecule has 1 aliphatic rings. The number of hydrogen-bond acceptors (Lipinski definition) is 7. The van der Waals surface area contributed by atoms with Crippen LogP contribution in [0, 0.1) is 0 Å². The van der Waals surface area contributed by atoms with Crippen LogP contribution in [0.5, 0.6) is 11.5 Å². The first-order valence-electron chi connectivity index (χ1n) is 11.7. The monoisotopic (exact) mass is 489 g/mol. The maximum absolute atomic E-state index is 12.9. The molecule has 0 bridgehead atoms. The Labute approximate surface area is 207 Å². The van der Waals surface area contributed by atoms with Crippen molar-refractivity contribution in [1.82, 2.24) is 4.57 Å². The lowest BCUT2D eigenvalue weighted by atomic mass is 9.95. The molecule has 180 valence electrons. The quantitative estimate of drug-likeness (QED) is 0.195. The highest BCUT2D eigenvalue weighted by Gasteiger charge is 2.22. The van der Waals surface area contributed by atoms with E-state index < -0.39 is 0 Å². The van der Waals surface area contributed by atoms with E-state index >= 15 is 0 Å². The zero-order chi connectivity index (χ0) is 24.2. The van der Waals surface area contributed by atoms with Gasteiger partial charge in [-0.3, -0.25) is 0 Å².